The summed E-state index contributed by atoms with van der Waals surface area (Å²) in [6.07, 6.45) is 2.60. The Kier molecular flexibility index (Phi) is 2.71. The maximum Gasteiger partial charge on any atom is 0.321 e. The van der Waals surface area contributed by atoms with Gasteiger partial charge in [-0.2, -0.15) is 0 Å². The smallest absolute Gasteiger partial charge is 0.321 e. The van der Waals surface area contributed by atoms with Crippen molar-refractivity contribution in [3.8, 4) is 5.88 Å². The number of methoxy groups -OCH3 is 1. The zero-order valence-corrected chi connectivity index (χ0v) is 8.56. The molecule has 2 heterocycles. The Labute approximate surface area is 88.1 Å². The van der Waals surface area contributed by atoms with Gasteiger partial charge >= 0.3 is 6.03 Å². The lowest BCUT2D eigenvalue weighted by molar-refractivity contribution is 0.243. The number of carbonyl (C=O) groups is 1. The van der Waals surface area contributed by atoms with Crippen LogP contribution in [0, 0.1) is 0 Å². The Morgan fingerprint density at radius 2 is 2.40 bits per heavy atom. The fraction of sp³-hybridized carbons (Fsp3) is 0.400. The van der Waals surface area contributed by atoms with Crippen molar-refractivity contribution in [2.45, 2.75) is 6.42 Å². The van der Waals surface area contributed by atoms with Gasteiger partial charge in [-0.3, -0.25) is 4.90 Å². The van der Waals surface area contributed by atoms with Crippen LogP contribution in [-0.4, -0.2) is 31.2 Å². The van der Waals surface area contributed by atoms with Crippen molar-refractivity contribution in [1.82, 2.24) is 10.3 Å². The molecule has 0 aliphatic carbocycles. The number of hydrogen-bond donors (Lipinski definition) is 1. The second kappa shape index (κ2) is 4.16. The summed E-state index contributed by atoms with van der Waals surface area (Å²) in [6, 6.07) is 3.52. The number of hydrogen-bond acceptors (Lipinski definition) is 3. The quantitative estimate of drug-likeness (QED) is 0.787. The molecule has 0 saturated carbocycles. The molecule has 1 aromatic rings. The van der Waals surface area contributed by atoms with Crippen LogP contribution in [-0.2, 0) is 0 Å². The summed E-state index contributed by atoms with van der Waals surface area (Å²) < 4.78 is 4.95. The third kappa shape index (κ3) is 2.01. The molecular formula is C10H13N3O2. The van der Waals surface area contributed by atoms with Crippen LogP contribution in [0.3, 0.4) is 0 Å². The van der Waals surface area contributed by atoms with E-state index in [1.807, 2.05) is 6.07 Å². The van der Waals surface area contributed by atoms with Gasteiger partial charge in [0.15, 0.2) is 0 Å². The summed E-state index contributed by atoms with van der Waals surface area (Å²) in [5.74, 6) is 0.552. The highest BCUT2D eigenvalue weighted by Crippen LogP contribution is 2.17. The van der Waals surface area contributed by atoms with Gasteiger partial charge < -0.3 is 10.1 Å². The number of amides is 2. The largest absolute Gasteiger partial charge is 0.481 e. The van der Waals surface area contributed by atoms with Crippen molar-refractivity contribution in [2.75, 3.05) is 25.1 Å². The molecule has 1 N–H and O–H groups in total. The van der Waals surface area contributed by atoms with E-state index >= 15 is 0 Å². The number of rotatable bonds is 2. The molecule has 0 spiro atoms. The number of nitrogens with one attached hydrogen (secondary N) is 1. The highest BCUT2D eigenvalue weighted by atomic mass is 16.5. The first kappa shape index (κ1) is 9.76. The topological polar surface area (TPSA) is 54.5 Å². The van der Waals surface area contributed by atoms with E-state index in [0.717, 1.165) is 25.2 Å². The van der Waals surface area contributed by atoms with E-state index in [1.165, 1.54) is 0 Å². The van der Waals surface area contributed by atoms with Crippen molar-refractivity contribution >= 4 is 11.7 Å². The van der Waals surface area contributed by atoms with Crippen LogP contribution >= 0.6 is 0 Å². The van der Waals surface area contributed by atoms with Gasteiger partial charge in [0.25, 0.3) is 0 Å². The van der Waals surface area contributed by atoms with Crippen LogP contribution in [0.5, 0.6) is 5.88 Å². The Balaban J connectivity index is 2.17. The van der Waals surface area contributed by atoms with Gasteiger partial charge in [-0.05, 0) is 12.5 Å². The van der Waals surface area contributed by atoms with Crippen molar-refractivity contribution in [1.29, 1.82) is 0 Å². The van der Waals surface area contributed by atoms with E-state index in [9.17, 15) is 4.79 Å². The minimum Gasteiger partial charge on any atom is -0.481 e. The lowest BCUT2D eigenvalue weighted by Crippen LogP contribution is -2.46. The van der Waals surface area contributed by atoms with Gasteiger partial charge in [0.05, 0.1) is 19.0 Å². The summed E-state index contributed by atoms with van der Waals surface area (Å²) in [4.78, 5) is 17.2. The molecule has 0 radical (unpaired) electrons. The molecule has 1 aliphatic rings. The second-order valence-corrected chi connectivity index (χ2v) is 3.30. The Morgan fingerprint density at radius 1 is 1.53 bits per heavy atom. The molecule has 1 aliphatic heterocycles. The summed E-state index contributed by atoms with van der Waals surface area (Å²) in [6.45, 7) is 1.48. The molecule has 0 unspecified atom stereocenters. The molecule has 5 heteroatoms. The number of carbonyl (C=O) groups excluding carboxylic acids is 1. The number of urea groups is 1. The van der Waals surface area contributed by atoms with Gasteiger partial charge in [0.1, 0.15) is 0 Å². The lowest BCUT2D eigenvalue weighted by Gasteiger charge is -2.27. The third-order valence-electron chi connectivity index (χ3n) is 2.32. The normalized spacial score (nSPS) is 16.1. The predicted molar refractivity (Wildman–Crippen MR) is 56.2 cm³/mol. The maximum atomic E-state index is 11.5. The van der Waals surface area contributed by atoms with E-state index in [0.29, 0.717) is 5.88 Å². The lowest BCUT2D eigenvalue weighted by atomic mass is 10.3. The minimum atomic E-state index is -0.0618. The average Bonchev–Trinajstić information content (AvgIpc) is 2.30. The van der Waals surface area contributed by atoms with Gasteiger partial charge in [0.2, 0.25) is 5.88 Å². The van der Waals surface area contributed by atoms with Gasteiger partial charge in [-0.15, -0.1) is 0 Å². The van der Waals surface area contributed by atoms with E-state index in [4.69, 9.17) is 4.74 Å². The molecule has 80 valence electrons. The van der Waals surface area contributed by atoms with Crippen molar-refractivity contribution < 1.29 is 9.53 Å². The summed E-state index contributed by atoms with van der Waals surface area (Å²) in [5.41, 5.74) is 0.799. The zero-order chi connectivity index (χ0) is 10.7. The van der Waals surface area contributed by atoms with E-state index < -0.39 is 0 Å². The molecule has 1 aromatic heterocycles. The third-order valence-corrected chi connectivity index (χ3v) is 2.32. The fourth-order valence-corrected chi connectivity index (χ4v) is 1.53. The molecule has 2 rings (SSSR count). The summed E-state index contributed by atoms with van der Waals surface area (Å²) in [7, 11) is 1.57. The minimum absolute atomic E-state index is 0.0618. The van der Waals surface area contributed by atoms with E-state index in [-0.39, 0.29) is 6.03 Å². The van der Waals surface area contributed by atoms with E-state index in [1.54, 1.807) is 24.3 Å². The van der Waals surface area contributed by atoms with Gasteiger partial charge in [0, 0.05) is 19.2 Å². The summed E-state index contributed by atoms with van der Waals surface area (Å²) >= 11 is 0. The first-order valence-corrected chi connectivity index (χ1v) is 4.86. The Bertz CT molecular complexity index is 350. The van der Waals surface area contributed by atoms with Gasteiger partial charge in [-0.1, -0.05) is 0 Å². The van der Waals surface area contributed by atoms with Crippen LogP contribution in [0.25, 0.3) is 0 Å². The summed E-state index contributed by atoms with van der Waals surface area (Å²) in [5, 5.41) is 2.79. The zero-order valence-electron chi connectivity index (χ0n) is 8.56. The number of anilines is 1. The standard InChI is InChI=1S/C10H13N3O2/c1-15-9-4-3-8(7-12-9)13-6-2-5-11-10(13)14/h3-4,7H,2,5-6H2,1H3,(H,11,14). The first-order valence-electron chi connectivity index (χ1n) is 4.86. The van der Waals surface area contributed by atoms with Crippen molar-refractivity contribution in [3.05, 3.63) is 18.3 Å². The molecular weight excluding hydrogens is 194 g/mol. The SMILES string of the molecule is COc1ccc(N2CCCNC2=O)cn1. The fourth-order valence-electron chi connectivity index (χ4n) is 1.53. The van der Waals surface area contributed by atoms with Crippen molar-refractivity contribution in [3.63, 3.8) is 0 Å². The van der Waals surface area contributed by atoms with Crippen molar-refractivity contribution in [2.24, 2.45) is 0 Å². The predicted octanol–water partition coefficient (Wildman–Crippen LogP) is 1.01. The number of nitrogens with zero attached hydrogens (tertiary/aromatic N) is 2. The highest BCUT2D eigenvalue weighted by Gasteiger charge is 2.19. The molecule has 0 atom stereocenters. The Hall–Kier alpha value is -1.78. The maximum absolute atomic E-state index is 11.5. The molecule has 15 heavy (non-hydrogen) atoms. The average molecular weight is 207 g/mol. The molecule has 1 fully saturated rings. The number of ether oxygens (including phenoxy) is 1. The van der Waals surface area contributed by atoms with Crippen LogP contribution in [0.15, 0.2) is 18.3 Å². The van der Waals surface area contributed by atoms with Crippen LogP contribution in [0.2, 0.25) is 0 Å². The van der Waals surface area contributed by atoms with Crippen LogP contribution in [0.1, 0.15) is 6.42 Å². The molecule has 2 amide bonds. The van der Waals surface area contributed by atoms with Crippen LogP contribution in [0.4, 0.5) is 10.5 Å². The Morgan fingerprint density at radius 3 is 3.00 bits per heavy atom. The van der Waals surface area contributed by atoms with Gasteiger partial charge in [-0.25, -0.2) is 9.78 Å². The van der Waals surface area contributed by atoms with E-state index in [2.05, 4.69) is 10.3 Å². The number of aromatic nitrogens is 1. The molecule has 1 saturated heterocycles. The molecule has 5 nitrogen and oxygen atoms in total. The van der Waals surface area contributed by atoms with Crippen LogP contribution < -0.4 is 15.0 Å². The highest BCUT2D eigenvalue weighted by molar-refractivity contribution is 5.92. The first-order chi connectivity index (χ1) is 7.31. The second-order valence-electron chi connectivity index (χ2n) is 3.30. The molecule has 0 aromatic carbocycles. The monoisotopic (exact) mass is 207 g/mol. The number of pyridine rings is 1. The molecule has 0 bridgehead atoms.